The highest BCUT2D eigenvalue weighted by atomic mass is 16.5. The average molecular weight is 394 g/mol. The van der Waals surface area contributed by atoms with E-state index in [2.05, 4.69) is 32.3 Å². The Balaban J connectivity index is 1.48. The number of aryl methyl sites for hydroxylation is 1. The number of aliphatic imine (C=N–C) groups is 1. The van der Waals surface area contributed by atoms with Crippen molar-refractivity contribution in [2.24, 2.45) is 12.0 Å². The lowest BCUT2D eigenvalue weighted by Gasteiger charge is -2.34. The molecule has 1 atom stereocenters. The maximum atomic E-state index is 5.96. The van der Waals surface area contributed by atoms with Crippen LogP contribution in [-0.4, -0.2) is 61.6 Å². The molecule has 9 heteroatoms. The van der Waals surface area contributed by atoms with Crippen molar-refractivity contribution in [2.45, 2.75) is 19.6 Å². The number of aromatic nitrogens is 5. The molecule has 3 aromatic heterocycles. The van der Waals surface area contributed by atoms with Gasteiger partial charge in [0, 0.05) is 50.5 Å². The molecule has 4 rings (SSSR count). The summed E-state index contributed by atoms with van der Waals surface area (Å²) in [4.78, 5) is 11.5. The van der Waals surface area contributed by atoms with Crippen molar-refractivity contribution in [3.8, 4) is 5.82 Å². The van der Waals surface area contributed by atoms with Gasteiger partial charge in [-0.05, 0) is 30.7 Å². The summed E-state index contributed by atoms with van der Waals surface area (Å²) in [5, 5.41) is 11.9. The Morgan fingerprint density at radius 2 is 2.28 bits per heavy atom. The summed E-state index contributed by atoms with van der Waals surface area (Å²) >= 11 is 0. The van der Waals surface area contributed by atoms with Crippen LogP contribution in [0.3, 0.4) is 0 Å². The second-order valence-corrected chi connectivity index (χ2v) is 6.90. The molecule has 1 aliphatic heterocycles. The summed E-state index contributed by atoms with van der Waals surface area (Å²) in [6, 6.07) is 5.88. The van der Waals surface area contributed by atoms with Gasteiger partial charge in [0.15, 0.2) is 11.8 Å². The van der Waals surface area contributed by atoms with E-state index in [-0.39, 0.29) is 6.10 Å². The van der Waals surface area contributed by atoms with Crippen molar-refractivity contribution < 1.29 is 4.74 Å². The van der Waals surface area contributed by atoms with E-state index in [0.717, 1.165) is 42.5 Å². The first-order valence-electron chi connectivity index (χ1n) is 9.81. The zero-order chi connectivity index (χ0) is 20.1. The fraction of sp³-hybridized carbons (Fsp3) is 0.400. The minimum Gasteiger partial charge on any atom is -0.370 e. The van der Waals surface area contributed by atoms with Gasteiger partial charge in [-0.1, -0.05) is 0 Å². The van der Waals surface area contributed by atoms with Crippen LogP contribution in [0.5, 0.6) is 0 Å². The van der Waals surface area contributed by atoms with E-state index in [9.17, 15) is 0 Å². The van der Waals surface area contributed by atoms with Gasteiger partial charge in [-0.3, -0.25) is 4.68 Å². The second kappa shape index (κ2) is 8.87. The molecule has 0 radical (unpaired) electrons. The average Bonchev–Trinajstić information content (AvgIpc) is 3.43. The highest BCUT2D eigenvalue weighted by Crippen LogP contribution is 2.21. The van der Waals surface area contributed by atoms with Crippen molar-refractivity contribution in [3.63, 3.8) is 0 Å². The summed E-state index contributed by atoms with van der Waals surface area (Å²) in [5.41, 5.74) is 2.17. The predicted octanol–water partition coefficient (Wildman–Crippen LogP) is 1.54. The van der Waals surface area contributed by atoms with Crippen LogP contribution in [0.25, 0.3) is 5.82 Å². The summed E-state index contributed by atoms with van der Waals surface area (Å²) in [6.45, 7) is 5.65. The molecule has 1 N–H and O–H groups in total. The molecule has 0 saturated carbocycles. The van der Waals surface area contributed by atoms with Gasteiger partial charge in [-0.15, -0.1) is 0 Å². The third-order valence-corrected chi connectivity index (χ3v) is 4.76. The third kappa shape index (κ3) is 4.62. The van der Waals surface area contributed by atoms with Gasteiger partial charge in [0.25, 0.3) is 0 Å². The van der Waals surface area contributed by atoms with Crippen LogP contribution in [0.4, 0.5) is 0 Å². The maximum Gasteiger partial charge on any atom is 0.194 e. The van der Waals surface area contributed by atoms with E-state index < -0.39 is 0 Å². The van der Waals surface area contributed by atoms with Gasteiger partial charge < -0.3 is 15.0 Å². The molecule has 0 bridgehead atoms. The molecule has 9 nitrogen and oxygen atoms in total. The lowest BCUT2D eigenvalue weighted by molar-refractivity contribution is -0.00805. The molecule has 152 valence electrons. The highest BCUT2D eigenvalue weighted by molar-refractivity contribution is 5.80. The molecule has 0 spiro atoms. The smallest absolute Gasteiger partial charge is 0.194 e. The van der Waals surface area contributed by atoms with E-state index in [0.29, 0.717) is 13.2 Å². The quantitative estimate of drug-likeness (QED) is 0.522. The third-order valence-electron chi connectivity index (χ3n) is 4.76. The van der Waals surface area contributed by atoms with Crippen LogP contribution in [0, 0.1) is 0 Å². The van der Waals surface area contributed by atoms with Crippen LogP contribution < -0.4 is 5.32 Å². The number of guanidine groups is 1. The molecular formula is C20H26N8O. The molecule has 29 heavy (non-hydrogen) atoms. The summed E-state index contributed by atoms with van der Waals surface area (Å²) in [7, 11) is 1.92. The Bertz CT molecular complexity index is 949. The minimum absolute atomic E-state index is 0.00588. The van der Waals surface area contributed by atoms with Crippen molar-refractivity contribution in [1.29, 1.82) is 0 Å². The van der Waals surface area contributed by atoms with E-state index >= 15 is 0 Å². The number of rotatable bonds is 5. The SMILES string of the molecule is CCNC(=NCc1ccnc(-n2cccn2)c1)N1CCOC(c2cnn(C)c2)C1. The zero-order valence-electron chi connectivity index (χ0n) is 16.8. The largest absolute Gasteiger partial charge is 0.370 e. The van der Waals surface area contributed by atoms with Crippen LogP contribution >= 0.6 is 0 Å². The topological polar surface area (TPSA) is 85.4 Å². The lowest BCUT2D eigenvalue weighted by atomic mass is 10.1. The number of nitrogens with zero attached hydrogens (tertiary/aromatic N) is 7. The van der Waals surface area contributed by atoms with Gasteiger partial charge in [0.1, 0.15) is 6.10 Å². The monoisotopic (exact) mass is 394 g/mol. The van der Waals surface area contributed by atoms with Gasteiger partial charge in [0.05, 0.1) is 25.9 Å². The Morgan fingerprint density at radius 3 is 3.03 bits per heavy atom. The molecule has 0 aliphatic carbocycles. The molecule has 1 unspecified atom stereocenters. The molecule has 4 heterocycles. The second-order valence-electron chi connectivity index (χ2n) is 6.90. The first-order chi connectivity index (χ1) is 14.2. The Morgan fingerprint density at radius 1 is 1.34 bits per heavy atom. The number of pyridine rings is 1. The number of morpholine rings is 1. The van der Waals surface area contributed by atoms with Crippen molar-refractivity contribution in [3.05, 3.63) is 60.3 Å². The normalized spacial score (nSPS) is 17.5. The van der Waals surface area contributed by atoms with Crippen molar-refractivity contribution >= 4 is 5.96 Å². The number of hydrogen-bond donors (Lipinski definition) is 1. The van der Waals surface area contributed by atoms with Crippen LogP contribution in [-0.2, 0) is 18.3 Å². The van der Waals surface area contributed by atoms with Gasteiger partial charge in [0.2, 0.25) is 0 Å². The van der Waals surface area contributed by atoms with E-state index in [1.165, 1.54) is 0 Å². The molecular weight excluding hydrogens is 368 g/mol. The summed E-state index contributed by atoms with van der Waals surface area (Å²) < 4.78 is 9.51. The number of hydrogen-bond acceptors (Lipinski definition) is 5. The Labute approximate surface area is 170 Å². The molecule has 1 fully saturated rings. The molecule has 0 amide bonds. The fourth-order valence-corrected chi connectivity index (χ4v) is 3.33. The Hall–Kier alpha value is -3.20. The minimum atomic E-state index is -0.00588. The lowest BCUT2D eigenvalue weighted by Crippen LogP contribution is -2.48. The van der Waals surface area contributed by atoms with E-state index in [4.69, 9.17) is 9.73 Å². The highest BCUT2D eigenvalue weighted by Gasteiger charge is 2.25. The predicted molar refractivity (Wildman–Crippen MR) is 110 cm³/mol. The number of nitrogens with one attached hydrogen (secondary N) is 1. The molecule has 1 saturated heterocycles. The van der Waals surface area contributed by atoms with Crippen LogP contribution in [0.1, 0.15) is 24.2 Å². The fourth-order valence-electron chi connectivity index (χ4n) is 3.33. The molecule has 1 aliphatic rings. The van der Waals surface area contributed by atoms with Gasteiger partial charge in [-0.2, -0.15) is 10.2 Å². The van der Waals surface area contributed by atoms with E-state index in [1.807, 2.05) is 43.8 Å². The standard InChI is InChI=1S/C20H26N8O/c1-3-21-20(27-9-10-29-18(15-27)17-13-25-26(2)14-17)23-12-16-5-7-22-19(11-16)28-8-4-6-24-28/h4-8,11,13-14,18H,3,9-10,12,15H2,1-2H3,(H,21,23). The van der Waals surface area contributed by atoms with Crippen molar-refractivity contribution in [2.75, 3.05) is 26.2 Å². The summed E-state index contributed by atoms with van der Waals surface area (Å²) in [6.07, 6.45) is 9.28. The Kier molecular flexibility index (Phi) is 5.85. The zero-order valence-corrected chi connectivity index (χ0v) is 16.8. The van der Waals surface area contributed by atoms with Crippen LogP contribution in [0.15, 0.2) is 54.2 Å². The van der Waals surface area contributed by atoms with Crippen LogP contribution in [0.2, 0.25) is 0 Å². The number of ether oxygens (including phenoxy) is 1. The maximum absolute atomic E-state index is 5.96. The van der Waals surface area contributed by atoms with Gasteiger partial charge in [-0.25, -0.2) is 14.7 Å². The van der Waals surface area contributed by atoms with E-state index in [1.54, 1.807) is 21.8 Å². The molecule has 0 aromatic carbocycles. The van der Waals surface area contributed by atoms with Crippen molar-refractivity contribution in [1.82, 2.24) is 34.8 Å². The summed E-state index contributed by atoms with van der Waals surface area (Å²) in [5.74, 6) is 1.68. The first kappa shape index (κ1) is 19.1. The first-order valence-corrected chi connectivity index (χ1v) is 9.81. The molecule has 3 aromatic rings. The van der Waals surface area contributed by atoms with Gasteiger partial charge >= 0.3 is 0 Å².